The first-order valence-electron chi connectivity index (χ1n) is 8.90. The zero-order chi connectivity index (χ0) is 20.3. The van der Waals surface area contributed by atoms with E-state index in [2.05, 4.69) is 15.4 Å². The number of fused-ring (bicyclic) bond motifs is 1. The van der Waals surface area contributed by atoms with Crippen LogP contribution in [0.4, 0.5) is 15.8 Å². The second kappa shape index (κ2) is 8.59. The van der Waals surface area contributed by atoms with Crippen molar-refractivity contribution in [3.63, 3.8) is 0 Å². The highest BCUT2D eigenvalue weighted by Crippen LogP contribution is 2.38. The van der Waals surface area contributed by atoms with E-state index in [1.807, 2.05) is 24.5 Å². The minimum absolute atomic E-state index is 0.331. The SMILES string of the molecule is CSNc1cccc2c1NON=C2C(CCC(C)(C)O)c1ccc(Cl)cc1F. The minimum Gasteiger partial charge on any atom is -0.390 e. The molecule has 0 aromatic heterocycles. The number of halogens is 2. The minimum atomic E-state index is -0.888. The molecule has 0 fully saturated rings. The van der Waals surface area contributed by atoms with Gasteiger partial charge in [-0.05, 0) is 50.5 Å². The molecule has 150 valence electrons. The van der Waals surface area contributed by atoms with Crippen molar-refractivity contribution < 1.29 is 14.4 Å². The van der Waals surface area contributed by atoms with E-state index in [1.165, 1.54) is 18.0 Å². The molecule has 8 heteroatoms. The maximum atomic E-state index is 14.8. The molecule has 0 radical (unpaired) electrons. The lowest BCUT2D eigenvalue weighted by Gasteiger charge is -2.27. The first-order chi connectivity index (χ1) is 13.3. The van der Waals surface area contributed by atoms with Crippen molar-refractivity contribution in [2.75, 3.05) is 16.5 Å². The van der Waals surface area contributed by atoms with Gasteiger partial charge in [0.05, 0.1) is 17.0 Å². The first-order valence-corrected chi connectivity index (χ1v) is 10.5. The molecule has 0 saturated carbocycles. The van der Waals surface area contributed by atoms with Crippen molar-refractivity contribution in [1.82, 2.24) is 0 Å². The van der Waals surface area contributed by atoms with E-state index in [1.54, 1.807) is 26.0 Å². The highest BCUT2D eigenvalue weighted by atomic mass is 35.5. The lowest BCUT2D eigenvalue weighted by atomic mass is 9.83. The van der Waals surface area contributed by atoms with Crippen LogP contribution >= 0.6 is 23.5 Å². The molecule has 0 amide bonds. The molecular weight excluding hydrogens is 401 g/mol. The Balaban J connectivity index is 2.06. The van der Waals surface area contributed by atoms with Crippen molar-refractivity contribution in [3.05, 3.63) is 58.4 Å². The lowest BCUT2D eigenvalue weighted by Crippen LogP contribution is -2.25. The topological polar surface area (TPSA) is 65.9 Å². The lowest BCUT2D eigenvalue weighted by molar-refractivity contribution is 0.0680. The van der Waals surface area contributed by atoms with Gasteiger partial charge in [-0.3, -0.25) is 4.94 Å². The summed E-state index contributed by atoms with van der Waals surface area (Å²) in [5, 5.41) is 14.8. The maximum Gasteiger partial charge on any atom is 0.128 e. The van der Waals surface area contributed by atoms with E-state index in [0.29, 0.717) is 29.1 Å². The first kappa shape index (κ1) is 20.8. The van der Waals surface area contributed by atoms with Crippen LogP contribution < -0.4 is 10.2 Å². The average molecular weight is 424 g/mol. The average Bonchev–Trinajstić information content (AvgIpc) is 2.63. The fraction of sp³-hybridized carbons (Fsp3) is 0.350. The van der Waals surface area contributed by atoms with Gasteiger partial charge in [-0.1, -0.05) is 46.9 Å². The Labute approximate surface area is 173 Å². The number of nitrogens with zero attached hydrogens (tertiary/aromatic N) is 1. The summed E-state index contributed by atoms with van der Waals surface area (Å²) < 4.78 is 18.0. The monoisotopic (exact) mass is 423 g/mol. The molecule has 2 aromatic rings. The van der Waals surface area contributed by atoms with Gasteiger partial charge in [0.2, 0.25) is 0 Å². The number of anilines is 2. The number of hydrogen-bond acceptors (Lipinski definition) is 6. The summed E-state index contributed by atoms with van der Waals surface area (Å²) in [6.07, 6.45) is 2.88. The zero-order valence-electron chi connectivity index (χ0n) is 15.9. The van der Waals surface area contributed by atoms with Crippen molar-refractivity contribution in [2.24, 2.45) is 5.16 Å². The van der Waals surface area contributed by atoms with Crippen LogP contribution in [0.2, 0.25) is 5.02 Å². The van der Waals surface area contributed by atoms with Crippen LogP contribution in [0.1, 0.15) is 43.7 Å². The van der Waals surface area contributed by atoms with Gasteiger partial charge in [0.1, 0.15) is 11.5 Å². The van der Waals surface area contributed by atoms with Crippen molar-refractivity contribution in [2.45, 2.75) is 38.2 Å². The maximum absolute atomic E-state index is 14.8. The van der Waals surface area contributed by atoms with Crippen LogP contribution in [0.25, 0.3) is 0 Å². The molecule has 1 aliphatic heterocycles. The van der Waals surface area contributed by atoms with Gasteiger partial charge in [-0.2, -0.15) is 5.48 Å². The summed E-state index contributed by atoms with van der Waals surface area (Å²) in [5.74, 6) is -0.816. The fourth-order valence-corrected chi connectivity index (χ4v) is 3.76. The summed E-state index contributed by atoms with van der Waals surface area (Å²) >= 11 is 7.40. The molecule has 0 bridgehead atoms. The molecule has 1 atom stereocenters. The fourth-order valence-electron chi connectivity index (χ4n) is 3.21. The molecule has 0 saturated heterocycles. The Bertz CT molecular complexity index is 886. The smallest absolute Gasteiger partial charge is 0.128 e. The third kappa shape index (κ3) is 4.71. The normalized spacial score (nSPS) is 14.4. The van der Waals surface area contributed by atoms with E-state index < -0.39 is 17.3 Å². The second-order valence-corrected chi connectivity index (χ2v) is 8.32. The summed E-state index contributed by atoms with van der Waals surface area (Å²) in [5.41, 5.74) is 5.40. The van der Waals surface area contributed by atoms with Gasteiger partial charge in [0, 0.05) is 22.8 Å². The number of hydrogen-bond donors (Lipinski definition) is 3. The number of rotatable bonds is 7. The highest BCUT2D eigenvalue weighted by Gasteiger charge is 2.30. The Morgan fingerprint density at radius 1 is 1.36 bits per heavy atom. The molecule has 1 aliphatic rings. The molecule has 0 aliphatic carbocycles. The van der Waals surface area contributed by atoms with Crippen LogP contribution in [-0.4, -0.2) is 22.7 Å². The third-order valence-electron chi connectivity index (χ3n) is 4.56. The summed E-state index contributed by atoms with van der Waals surface area (Å²) in [7, 11) is 0. The quantitative estimate of drug-likeness (QED) is 0.508. The largest absolute Gasteiger partial charge is 0.390 e. The van der Waals surface area contributed by atoms with Crippen molar-refractivity contribution in [3.8, 4) is 0 Å². The van der Waals surface area contributed by atoms with E-state index in [4.69, 9.17) is 16.5 Å². The van der Waals surface area contributed by atoms with E-state index in [9.17, 15) is 9.50 Å². The molecule has 5 nitrogen and oxygen atoms in total. The molecule has 0 spiro atoms. The standard InChI is InChI=1S/C20H23ClFN3O2S/c1-20(2,26)10-9-14(13-8-7-12(21)11-16(13)22)18-15-5-4-6-17(25-28-3)19(15)24-27-23-18/h4-8,11,14,24-26H,9-10H2,1-3H3. The number of aliphatic hydroxyl groups is 1. The van der Waals surface area contributed by atoms with Crippen LogP contribution in [0.15, 0.2) is 41.6 Å². The van der Waals surface area contributed by atoms with Crippen LogP contribution in [-0.2, 0) is 4.94 Å². The van der Waals surface area contributed by atoms with E-state index in [-0.39, 0.29) is 0 Å². The van der Waals surface area contributed by atoms with Gasteiger partial charge in [0.25, 0.3) is 0 Å². The van der Waals surface area contributed by atoms with Crippen molar-refractivity contribution >= 4 is 40.6 Å². The van der Waals surface area contributed by atoms with Crippen LogP contribution in [0.3, 0.4) is 0 Å². The predicted octanol–water partition coefficient (Wildman–Crippen LogP) is 5.57. The number of nitrogens with one attached hydrogen (secondary N) is 2. The molecule has 1 unspecified atom stereocenters. The second-order valence-electron chi connectivity index (χ2n) is 7.27. The van der Waals surface area contributed by atoms with Crippen LogP contribution in [0.5, 0.6) is 0 Å². The van der Waals surface area contributed by atoms with E-state index >= 15 is 0 Å². The number of benzene rings is 2. The Morgan fingerprint density at radius 3 is 2.82 bits per heavy atom. The molecule has 2 aromatic carbocycles. The van der Waals surface area contributed by atoms with Gasteiger partial charge < -0.3 is 9.83 Å². The Kier molecular flexibility index (Phi) is 6.37. The van der Waals surface area contributed by atoms with Gasteiger partial charge in [0.15, 0.2) is 0 Å². The third-order valence-corrected chi connectivity index (χ3v) is 5.22. The van der Waals surface area contributed by atoms with Gasteiger partial charge in [-0.15, -0.1) is 0 Å². The Morgan fingerprint density at radius 2 is 2.14 bits per heavy atom. The number of para-hydroxylation sites is 1. The summed E-state index contributed by atoms with van der Waals surface area (Å²) in [6, 6.07) is 10.4. The molecule has 3 rings (SSSR count). The summed E-state index contributed by atoms with van der Waals surface area (Å²) in [4.78, 5) is 5.27. The van der Waals surface area contributed by atoms with Gasteiger partial charge >= 0.3 is 0 Å². The highest BCUT2D eigenvalue weighted by molar-refractivity contribution is 7.99. The van der Waals surface area contributed by atoms with E-state index in [0.717, 1.165) is 16.9 Å². The van der Waals surface area contributed by atoms with Crippen LogP contribution in [0, 0.1) is 5.82 Å². The molecule has 28 heavy (non-hydrogen) atoms. The number of oxime groups is 1. The zero-order valence-corrected chi connectivity index (χ0v) is 17.5. The predicted molar refractivity (Wildman–Crippen MR) is 115 cm³/mol. The molecule has 1 heterocycles. The van der Waals surface area contributed by atoms with Gasteiger partial charge in [-0.25, -0.2) is 4.39 Å². The van der Waals surface area contributed by atoms with Crippen molar-refractivity contribution in [1.29, 1.82) is 0 Å². The summed E-state index contributed by atoms with van der Waals surface area (Å²) in [6.45, 7) is 3.47. The molecular formula is C20H23ClFN3O2S. The molecule has 3 N–H and O–H groups in total. The Hall–Kier alpha value is -1.96.